The Morgan fingerprint density at radius 1 is 1.33 bits per heavy atom. The molecule has 0 saturated heterocycles. The summed E-state index contributed by atoms with van der Waals surface area (Å²) in [7, 11) is 1.50. The summed E-state index contributed by atoms with van der Waals surface area (Å²) in [6.45, 7) is 5.78. The molecule has 102 valence electrons. The van der Waals surface area contributed by atoms with Gasteiger partial charge in [-0.15, -0.1) is 0 Å². The van der Waals surface area contributed by atoms with Gasteiger partial charge in [0.25, 0.3) is 5.88 Å². The number of nitrogen functional groups attached to an aromatic ring is 1. The molecule has 0 amide bonds. The molecule has 0 atom stereocenters. The standard InChI is InChI=1S/C11H20N4O3/c1-8(2)6-17-4-5-18-11-9(16-3)10(15-12)13-7-14-11/h7-8H,4-6,12H2,1-3H3,(H,13,14,15). The zero-order chi connectivity index (χ0) is 13.4. The molecule has 0 bridgehead atoms. The SMILES string of the molecule is COc1c(NN)ncnc1OCCOCC(C)C. The van der Waals surface area contributed by atoms with Crippen molar-refractivity contribution in [1.29, 1.82) is 0 Å². The summed E-state index contributed by atoms with van der Waals surface area (Å²) in [6, 6.07) is 0. The molecule has 0 aliphatic carbocycles. The third-order valence-corrected chi connectivity index (χ3v) is 2.03. The fourth-order valence-corrected chi connectivity index (χ4v) is 1.26. The molecule has 0 saturated carbocycles. The number of nitrogens with one attached hydrogen (secondary N) is 1. The van der Waals surface area contributed by atoms with Crippen LogP contribution in [0.25, 0.3) is 0 Å². The van der Waals surface area contributed by atoms with Crippen molar-refractivity contribution in [2.45, 2.75) is 13.8 Å². The van der Waals surface area contributed by atoms with Gasteiger partial charge in [0.05, 0.1) is 13.7 Å². The molecule has 0 spiro atoms. The Hall–Kier alpha value is -1.60. The van der Waals surface area contributed by atoms with Crippen LogP contribution < -0.4 is 20.7 Å². The lowest BCUT2D eigenvalue weighted by molar-refractivity contribution is 0.0796. The molecule has 7 nitrogen and oxygen atoms in total. The van der Waals surface area contributed by atoms with E-state index >= 15 is 0 Å². The van der Waals surface area contributed by atoms with Crippen molar-refractivity contribution in [3.63, 3.8) is 0 Å². The fraction of sp³-hybridized carbons (Fsp3) is 0.636. The minimum Gasteiger partial charge on any atom is -0.489 e. The van der Waals surface area contributed by atoms with Crippen LogP contribution in [-0.4, -0.2) is 36.9 Å². The number of ether oxygens (including phenoxy) is 3. The second kappa shape index (κ2) is 7.67. The van der Waals surface area contributed by atoms with Crippen molar-refractivity contribution >= 4 is 5.82 Å². The van der Waals surface area contributed by atoms with Gasteiger partial charge in [-0.05, 0) is 5.92 Å². The highest BCUT2D eigenvalue weighted by Gasteiger charge is 2.12. The van der Waals surface area contributed by atoms with Crippen molar-refractivity contribution < 1.29 is 14.2 Å². The van der Waals surface area contributed by atoms with Gasteiger partial charge in [0, 0.05) is 6.61 Å². The van der Waals surface area contributed by atoms with Gasteiger partial charge in [0.2, 0.25) is 5.75 Å². The first kappa shape index (κ1) is 14.5. The van der Waals surface area contributed by atoms with Gasteiger partial charge in [-0.1, -0.05) is 13.8 Å². The van der Waals surface area contributed by atoms with Crippen LogP contribution in [0.3, 0.4) is 0 Å². The maximum atomic E-state index is 5.46. The molecule has 3 N–H and O–H groups in total. The number of hydrogen-bond donors (Lipinski definition) is 2. The van der Waals surface area contributed by atoms with Gasteiger partial charge < -0.3 is 19.6 Å². The van der Waals surface area contributed by atoms with Gasteiger partial charge in [0.1, 0.15) is 12.9 Å². The Balaban J connectivity index is 2.46. The van der Waals surface area contributed by atoms with Gasteiger partial charge in [-0.25, -0.2) is 10.8 Å². The molecular weight excluding hydrogens is 236 g/mol. The van der Waals surface area contributed by atoms with E-state index in [-0.39, 0.29) is 0 Å². The number of methoxy groups -OCH3 is 1. The Morgan fingerprint density at radius 3 is 2.72 bits per heavy atom. The average Bonchev–Trinajstić information content (AvgIpc) is 2.37. The van der Waals surface area contributed by atoms with Crippen molar-refractivity contribution in [3.8, 4) is 11.6 Å². The summed E-state index contributed by atoms with van der Waals surface area (Å²) < 4.78 is 16.0. The summed E-state index contributed by atoms with van der Waals surface area (Å²) in [6.07, 6.45) is 1.35. The lowest BCUT2D eigenvalue weighted by atomic mass is 10.2. The van der Waals surface area contributed by atoms with Crippen LogP contribution in [0.5, 0.6) is 11.6 Å². The van der Waals surface area contributed by atoms with E-state index in [9.17, 15) is 0 Å². The second-order valence-corrected chi connectivity index (χ2v) is 4.02. The molecule has 18 heavy (non-hydrogen) atoms. The van der Waals surface area contributed by atoms with E-state index in [0.717, 1.165) is 0 Å². The summed E-state index contributed by atoms with van der Waals surface area (Å²) in [5.74, 6) is 6.91. The lowest BCUT2D eigenvalue weighted by Gasteiger charge is -2.12. The van der Waals surface area contributed by atoms with Gasteiger partial charge in [-0.2, -0.15) is 4.98 Å². The van der Waals surface area contributed by atoms with Gasteiger partial charge in [-0.3, -0.25) is 0 Å². The molecule has 0 unspecified atom stereocenters. The zero-order valence-electron chi connectivity index (χ0n) is 11.0. The average molecular weight is 256 g/mol. The van der Waals surface area contributed by atoms with Crippen molar-refractivity contribution in [3.05, 3.63) is 6.33 Å². The normalized spacial score (nSPS) is 10.5. The highest BCUT2D eigenvalue weighted by Crippen LogP contribution is 2.29. The smallest absolute Gasteiger partial charge is 0.262 e. The van der Waals surface area contributed by atoms with Crippen molar-refractivity contribution in [2.75, 3.05) is 32.4 Å². The van der Waals surface area contributed by atoms with Crippen molar-refractivity contribution in [2.24, 2.45) is 11.8 Å². The number of anilines is 1. The number of rotatable bonds is 8. The Bertz CT molecular complexity index is 360. The van der Waals surface area contributed by atoms with Crippen LogP contribution >= 0.6 is 0 Å². The zero-order valence-corrected chi connectivity index (χ0v) is 11.0. The van der Waals surface area contributed by atoms with E-state index in [1.165, 1.54) is 13.4 Å². The number of aromatic nitrogens is 2. The number of nitrogens with zero attached hydrogens (tertiary/aromatic N) is 2. The van der Waals surface area contributed by atoms with Crippen LogP contribution in [-0.2, 0) is 4.74 Å². The first-order chi connectivity index (χ1) is 8.69. The van der Waals surface area contributed by atoms with Crippen molar-refractivity contribution in [1.82, 2.24) is 9.97 Å². The monoisotopic (exact) mass is 256 g/mol. The molecule has 0 aliphatic heterocycles. The van der Waals surface area contributed by atoms with E-state index in [4.69, 9.17) is 20.1 Å². The third-order valence-electron chi connectivity index (χ3n) is 2.03. The number of hydrogen-bond acceptors (Lipinski definition) is 7. The second-order valence-electron chi connectivity index (χ2n) is 4.02. The molecule has 0 radical (unpaired) electrons. The highest BCUT2D eigenvalue weighted by molar-refractivity contribution is 5.54. The molecule has 1 heterocycles. The quantitative estimate of drug-likeness (QED) is 0.404. The minimum atomic E-state index is 0.341. The van der Waals surface area contributed by atoms with Gasteiger partial charge in [0.15, 0.2) is 5.82 Å². The largest absolute Gasteiger partial charge is 0.489 e. The maximum Gasteiger partial charge on any atom is 0.262 e. The predicted molar refractivity (Wildman–Crippen MR) is 67.5 cm³/mol. The van der Waals surface area contributed by atoms with E-state index in [1.54, 1.807) is 0 Å². The van der Waals surface area contributed by atoms with E-state index < -0.39 is 0 Å². The molecule has 1 aromatic heterocycles. The molecule has 7 heteroatoms. The van der Waals surface area contributed by atoms with E-state index in [0.29, 0.717) is 43.2 Å². The maximum absolute atomic E-state index is 5.46. The first-order valence-electron chi connectivity index (χ1n) is 5.75. The molecule has 0 aliphatic rings. The topological polar surface area (TPSA) is 91.5 Å². The third kappa shape index (κ3) is 4.34. The Morgan fingerprint density at radius 2 is 2.11 bits per heavy atom. The molecule has 1 aromatic rings. The van der Waals surface area contributed by atoms with Crippen LogP contribution in [0.15, 0.2) is 6.33 Å². The first-order valence-corrected chi connectivity index (χ1v) is 5.75. The Kier molecular flexibility index (Phi) is 6.16. The van der Waals surface area contributed by atoms with Crippen LogP contribution in [0.2, 0.25) is 0 Å². The molecular formula is C11H20N4O3. The number of nitrogens with two attached hydrogens (primary N) is 1. The highest BCUT2D eigenvalue weighted by atomic mass is 16.5. The van der Waals surface area contributed by atoms with E-state index in [1.807, 2.05) is 0 Å². The lowest BCUT2D eigenvalue weighted by Crippen LogP contribution is -2.14. The molecule has 0 fully saturated rings. The van der Waals surface area contributed by atoms with E-state index in [2.05, 4.69) is 29.2 Å². The number of hydrazine groups is 1. The van der Waals surface area contributed by atoms with Crippen LogP contribution in [0, 0.1) is 5.92 Å². The van der Waals surface area contributed by atoms with Crippen LogP contribution in [0.4, 0.5) is 5.82 Å². The Labute approximate surface area is 107 Å². The van der Waals surface area contributed by atoms with Gasteiger partial charge >= 0.3 is 0 Å². The molecule has 0 aromatic carbocycles. The summed E-state index contributed by atoms with van der Waals surface area (Å²) in [4.78, 5) is 7.89. The fourth-order valence-electron chi connectivity index (χ4n) is 1.26. The molecule has 1 rings (SSSR count). The minimum absolute atomic E-state index is 0.341. The summed E-state index contributed by atoms with van der Waals surface area (Å²) >= 11 is 0. The van der Waals surface area contributed by atoms with Crippen LogP contribution in [0.1, 0.15) is 13.8 Å². The predicted octanol–water partition coefficient (Wildman–Crippen LogP) is 0.822. The summed E-state index contributed by atoms with van der Waals surface area (Å²) in [5, 5.41) is 0. The summed E-state index contributed by atoms with van der Waals surface area (Å²) in [5.41, 5.74) is 2.42.